The van der Waals surface area contributed by atoms with Crippen molar-refractivity contribution in [3.63, 3.8) is 0 Å². The molecule has 0 aliphatic carbocycles. The number of nitriles is 1. The maximum Gasteiger partial charge on any atom is 0.251 e. The minimum atomic E-state index is -0.175. The maximum absolute atomic E-state index is 12.0. The second-order valence-corrected chi connectivity index (χ2v) is 4.23. The summed E-state index contributed by atoms with van der Waals surface area (Å²) in [4.78, 5) is 16.0. The van der Waals surface area contributed by atoms with E-state index in [0.717, 1.165) is 5.56 Å². The molecular formula is C15H14N4O. The van der Waals surface area contributed by atoms with E-state index >= 15 is 0 Å². The van der Waals surface area contributed by atoms with E-state index in [9.17, 15) is 4.79 Å². The first-order chi connectivity index (χ1) is 9.72. The van der Waals surface area contributed by atoms with Crippen LogP contribution in [0.25, 0.3) is 0 Å². The lowest BCUT2D eigenvalue weighted by molar-refractivity contribution is 0.0950. The van der Waals surface area contributed by atoms with Crippen LogP contribution in [-0.4, -0.2) is 10.9 Å². The van der Waals surface area contributed by atoms with Gasteiger partial charge >= 0.3 is 0 Å². The van der Waals surface area contributed by atoms with Crippen molar-refractivity contribution in [1.82, 2.24) is 10.3 Å². The summed E-state index contributed by atoms with van der Waals surface area (Å²) in [5.74, 6) is -0.175. The summed E-state index contributed by atoms with van der Waals surface area (Å²) >= 11 is 0. The summed E-state index contributed by atoms with van der Waals surface area (Å²) in [5.41, 5.74) is 8.24. The number of aromatic nitrogens is 1. The average Bonchev–Trinajstić information content (AvgIpc) is 2.53. The number of hydrogen-bond donors (Lipinski definition) is 2. The van der Waals surface area contributed by atoms with Gasteiger partial charge in [-0.2, -0.15) is 5.26 Å². The van der Waals surface area contributed by atoms with Gasteiger partial charge in [-0.25, -0.2) is 0 Å². The van der Waals surface area contributed by atoms with Crippen LogP contribution < -0.4 is 11.1 Å². The van der Waals surface area contributed by atoms with Gasteiger partial charge in [-0.15, -0.1) is 0 Å². The Hall–Kier alpha value is -2.71. The molecule has 1 aromatic heterocycles. The number of nitrogens with one attached hydrogen (secondary N) is 1. The van der Waals surface area contributed by atoms with E-state index in [4.69, 9.17) is 11.0 Å². The summed E-state index contributed by atoms with van der Waals surface area (Å²) in [6.07, 6.45) is 1.57. The molecule has 2 aromatic rings. The molecule has 0 unspecified atom stereocenters. The van der Waals surface area contributed by atoms with Crippen LogP contribution in [0, 0.1) is 11.3 Å². The van der Waals surface area contributed by atoms with Gasteiger partial charge in [0.25, 0.3) is 5.91 Å². The summed E-state index contributed by atoms with van der Waals surface area (Å²) in [6.45, 7) is 0.710. The lowest BCUT2D eigenvalue weighted by Gasteiger charge is -2.06. The van der Waals surface area contributed by atoms with Gasteiger partial charge < -0.3 is 11.1 Å². The molecule has 5 nitrogen and oxygen atoms in total. The Bertz CT molecular complexity index is 644. The molecule has 2 rings (SSSR count). The van der Waals surface area contributed by atoms with Crippen molar-refractivity contribution in [1.29, 1.82) is 5.26 Å². The highest BCUT2D eigenvalue weighted by Gasteiger charge is 2.06. The van der Waals surface area contributed by atoms with E-state index in [-0.39, 0.29) is 5.91 Å². The third-order valence-corrected chi connectivity index (χ3v) is 2.82. The lowest BCUT2D eigenvalue weighted by Crippen LogP contribution is -2.23. The van der Waals surface area contributed by atoms with Crippen LogP contribution >= 0.6 is 0 Å². The standard InChI is InChI=1S/C15H14N4O/c16-8-11-1-3-12(4-2-11)10-19-15(20)13-5-6-18-14(7-13)9-17/h1-7H,9-10,17H2,(H,19,20). The zero-order valence-corrected chi connectivity index (χ0v) is 10.8. The fourth-order valence-corrected chi connectivity index (χ4v) is 1.71. The van der Waals surface area contributed by atoms with Gasteiger partial charge in [0.1, 0.15) is 0 Å². The van der Waals surface area contributed by atoms with Crippen molar-refractivity contribution in [2.75, 3.05) is 0 Å². The molecule has 0 radical (unpaired) electrons. The quantitative estimate of drug-likeness (QED) is 0.873. The Morgan fingerprint density at radius 3 is 2.70 bits per heavy atom. The number of hydrogen-bond acceptors (Lipinski definition) is 4. The van der Waals surface area contributed by atoms with Crippen molar-refractivity contribution in [3.05, 3.63) is 65.0 Å². The predicted octanol–water partition coefficient (Wildman–Crippen LogP) is 1.34. The van der Waals surface area contributed by atoms with Crippen LogP contribution in [0.15, 0.2) is 42.6 Å². The second kappa shape index (κ2) is 6.45. The molecule has 1 heterocycles. The molecular weight excluding hydrogens is 252 g/mol. The number of benzene rings is 1. The number of carbonyl (C=O) groups is 1. The van der Waals surface area contributed by atoms with Gasteiger partial charge in [-0.05, 0) is 29.8 Å². The highest BCUT2D eigenvalue weighted by atomic mass is 16.1. The topological polar surface area (TPSA) is 91.8 Å². The highest BCUT2D eigenvalue weighted by molar-refractivity contribution is 5.94. The monoisotopic (exact) mass is 266 g/mol. The molecule has 100 valence electrons. The Kier molecular flexibility index (Phi) is 4.43. The van der Waals surface area contributed by atoms with Crippen LogP contribution in [0.2, 0.25) is 0 Å². The Morgan fingerprint density at radius 1 is 1.30 bits per heavy atom. The third-order valence-electron chi connectivity index (χ3n) is 2.82. The van der Waals surface area contributed by atoms with Crippen LogP contribution in [0.5, 0.6) is 0 Å². The molecule has 1 amide bonds. The maximum atomic E-state index is 12.0. The van der Waals surface area contributed by atoms with E-state index in [1.165, 1.54) is 0 Å². The van der Waals surface area contributed by atoms with Gasteiger partial charge in [-0.1, -0.05) is 12.1 Å². The molecule has 0 aliphatic rings. The zero-order chi connectivity index (χ0) is 14.4. The number of rotatable bonds is 4. The Morgan fingerprint density at radius 2 is 2.05 bits per heavy atom. The van der Waals surface area contributed by atoms with Gasteiger partial charge in [0.15, 0.2) is 0 Å². The molecule has 0 fully saturated rings. The molecule has 0 aliphatic heterocycles. The fourth-order valence-electron chi connectivity index (χ4n) is 1.71. The highest BCUT2D eigenvalue weighted by Crippen LogP contribution is 2.05. The first kappa shape index (κ1) is 13.7. The summed E-state index contributed by atoms with van der Waals surface area (Å²) in [5, 5.41) is 11.5. The van der Waals surface area contributed by atoms with Crippen LogP contribution in [0.4, 0.5) is 0 Å². The van der Waals surface area contributed by atoms with Crippen molar-refractivity contribution < 1.29 is 4.79 Å². The van der Waals surface area contributed by atoms with Crippen LogP contribution in [-0.2, 0) is 13.1 Å². The van der Waals surface area contributed by atoms with E-state index in [1.54, 1.807) is 30.5 Å². The van der Waals surface area contributed by atoms with Crippen LogP contribution in [0.3, 0.4) is 0 Å². The Balaban J connectivity index is 1.99. The van der Waals surface area contributed by atoms with Crippen LogP contribution in [0.1, 0.15) is 27.2 Å². The van der Waals surface area contributed by atoms with Crippen molar-refractivity contribution in [2.45, 2.75) is 13.1 Å². The van der Waals surface area contributed by atoms with Gasteiger partial charge in [-0.3, -0.25) is 9.78 Å². The Labute approximate surface area is 117 Å². The first-order valence-corrected chi connectivity index (χ1v) is 6.15. The summed E-state index contributed by atoms with van der Waals surface area (Å²) < 4.78 is 0. The molecule has 3 N–H and O–H groups in total. The molecule has 0 saturated carbocycles. The molecule has 20 heavy (non-hydrogen) atoms. The molecule has 0 bridgehead atoms. The predicted molar refractivity (Wildman–Crippen MR) is 74.5 cm³/mol. The molecule has 0 saturated heterocycles. The number of nitrogens with two attached hydrogens (primary N) is 1. The average molecular weight is 266 g/mol. The largest absolute Gasteiger partial charge is 0.348 e. The SMILES string of the molecule is N#Cc1ccc(CNC(=O)c2ccnc(CN)c2)cc1. The molecule has 5 heteroatoms. The molecule has 0 atom stereocenters. The van der Waals surface area contributed by atoms with E-state index in [0.29, 0.717) is 29.9 Å². The normalized spacial score (nSPS) is 9.80. The first-order valence-electron chi connectivity index (χ1n) is 6.15. The minimum Gasteiger partial charge on any atom is -0.348 e. The van der Waals surface area contributed by atoms with Crippen molar-refractivity contribution in [2.24, 2.45) is 5.73 Å². The summed E-state index contributed by atoms with van der Waals surface area (Å²) in [7, 11) is 0. The lowest BCUT2D eigenvalue weighted by atomic mass is 10.1. The van der Waals surface area contributed by atoms with E-state index in [2.05, 4.69) is 16.4 Å². The minimum absolute atomic E-state index is 0.175. The van der Waals surface area contributed by atoms with Crippen molar-refractivity contribution in [3.8, 4) is 6.07 Å². The smallest absolute Gasteiger partial charge is 0.251 e. The number of carbonyl (C=O) groups excluding carboxylic acids is 1. The van der Waals surface area contributed by atoms with Gasteiger partial charge in [0.2, 0.25) is 0 Å². The molecule has 1 aromatic carbocycles. The van der Waals surface area contributed by atoms with Gasteiger partial charge in [0, 0.05) is 24.8 Å². The van der Waals surface area contributed by atoms with E-state index < -0.39 is 0 Å². The number of nitrogens with zero attached hydrogens (tertiary/aromatic N) is 2. The van der Waals surface area contributed by atoms with Crippen molar-refractivity contribution >= 4 is 5.91 Å². The van der Waals surface area contributed by atoms with Gasteiger partial charge in [0.05, 0.1) is 17.3 Å². The third kappa shape index (κ3) is 3.40. The zero-order valence-electron chi connectivity index (χ0n) is 10.8. The second-order valence-electron chi connectivity index (χ2n) is 4.23. The summed E-state index contributed by atoms with van der Waals surface area (Å²) in [6, 6.07) is 12.4. The number of amides is 1. The van der Waals surface area contributed by atoms with E-state index in [1.807, 2.05) is 12.1 Å². The fraction of sp³-hybridized carbons (Fsp3) is 0.133. The molecule has 0 spiro atoms. The number of pyridine rings is 1.